The van der Waals surface area contributed by atoms with Gasteiger partial charge in [-0.2, -0.15) is 0 Å². The number of nitrogens with one attached hydrogen (secondary N) is 2. The summed E-state index contributed by atoms with van der Waals surface area (Å²) >= 11 is 0. The zero-order valence-electron chi connectivity index (χ0n) is 14.2. The van der Waals surface area contributed by atoms with Crippen molar-refractivity contribution in [2.75, 3.05) is 36.4 Å². The lowest BCUT2D eigenvalue weighted by Crippen LogP contribution is -2.40. The second kappa shape index (κ2) is 7.21. The van der Waals surface area contributed by atoms with E-state index in [2.05, 4.69) is 46.4 Å². The first-order valence-electron chi connectivity index (χ1n) is 8.78. The number of hydrogen-bond acceptors (Lipinski definition) is 3. The van der Waals surface area contributed by atoms with Crippen LogP contribution in [0.5, 0.6) is 0 Å². The first kappa shape index (κ1) is 16.1. The molecule has 3 rings (SSSR count). The predicted octanol–water partition coefficient (Wildman–Crippen LogP) is 2.89. The molecule has 0 bridgehead atoms. The average Bonchev–Trinajstić information content (AvgIpc) is 3.18. The minimum atomic E-state index is -0.0980. The van der Waals surface area contributed by atoms with Crippen molar-refractivity contribution in [1.82, 2.24) is 10.2 Å². The van der Waals surface area contributed by atoms with Crippen LogP contribution in [0.2, 0.25) is 0 Å². The summed E-state index contributed by atoms with van der Waals surface area (Å²) in [5.41, 5.74) is 2.07. The molecule has 23 heavy (non-hydrogen) atoms. The van der Waals surface area contributed by atoms with Crippen LogP contribution >= 0.6 is 0 Å². The molecule has 0 aliphatic carbocycles. The van der Waals surface area contributed by atoms with Gasteiger partial charge in [0.1, 0.15) is 0 Å². The summed E-state index contributed by atoms with van der Waals surface area (Å²) in [6.07, 6.45) is 3.54. The number of urea groups is 1. The molecule has 1 unspecified atom stereocenters. The quantitative estimate of drug-likeness (QED) is 0.898. The smallest absolute Gasteiger partial charge is 0.319 e. The van der Waals surface area contributed by atoms with Crippen molar-refractivity contribution >= 4 is 17.4 Å². The van der Waals surface area contributed by atoms with Gasteiger partial charge in [0.2, 0.25) is 0 Å². The molecule has 2 heterocycles. The van der Waals surface area contributed by atoms with E-state index in [-0.39, 0.29) is 12.1 Å². The number of hydrogen-bond donors (Lipinski definition) is 2. The third-order valence-corrected chi connectivity index (χ3v) is 4.86. The zero-order chi connectivity index (χ0) is 16.2. The van der Waals surface area contributed by atoms with Crippen molar-refractivity contribution in [3.05, 3.63) is 24.3 Å². The molecule has 0 spiro atoms. The summed E-state index contributed by atoms with van der Waals surface area (Å²) in [6, 6.07) is 8.85. The minimum Gasteiger partial charge on any atom is -0.371 e. The van der Waals surface area contributed by atoms with Gasteiger partial charge >= 0.3 is 6.03 Å². The maximum atomic E-state index is 12.2. The van der Waals surface area contributed by atoms with E-state index >= 15 is 0 Å². The van der Waals surface area contributed by atoms with E-state index < -0.39 is 0 Å². The molecule has 2 saturated heterocycles. The van der Waals surface area contributed by atoms with Crippen LogP contribution in [0.1, 0.15) is 33.1 Å². The molecule has 1 aromatic carbocycles. The van der Waals surface area contributed by atoms with Crippen LogP contribution in [0.15, 0.2) is 24.3 Å². The molecule has 126 valence electrons. The Kier molecular flexibility index (Phi) is 5.06. The number of amides is 2. The molecule has 0 saturated carbocycles. The molecule has 0 aromatic heterocycles. The highest BCUT2D eigenvalue weighted by Crippen LogP contribution is 2.23. The van der Waals surface area contributed by atoms with E-state index in [9.17, 15) is 4.79 Å². The van der Waals surface area contributed by atoms with Gasteiger partial charge in [-0.15, -0.1) is 0 Å². The fourth-order valence-electron chi connectivity index (χ4n) is 3.48. The van der Waals surface area contributed by atoms with Crippen LogP contribution in [0, 0.1) is 0 Å². The van der Waals surface area contributed by atoms with Gasteiger partial charge in [0.25, 0.3) is 0 Å². The standard InChI is InChI=1S/C18H28N4O/c1-14(2)22-11-8-16(13-22)20-18(23)19-15-6-5-7-17(12-15)21-9-3-4-10-21/h5-7,12,14,16H,3-4,8-11,13H2,1-2H3,(H2,19,20,23). The number of anilines is 2. The number of carbonyl (C=O) groups excluding carboxylic acids is 1. The van der Waals surface area contributed by atoms with Gasteiger partial charge < -0.3 is 15.5 Å². The van der Waals surface area contributed by atoms with Crippen LogP contribution in [-0.2, 0) is 0 Å². The predicted molar refractivity (Wildman–Crippen MR) is 95.2 cm³/mol. The summed E-state index contributed by atoms with van der Waals surface area (Å²) in [4.78, 5) is 17.0. The molecule has 0 radical (unpaired) electrons. The maximum absolute atomic E-state index is 12.2. The molecule has 2 aliphatic heterocycles. The highest BCUT2D eigenvalue weighted by atomic mass is 16.2. The Morgan fingerprint density at radius 2 is 2.00 bits per heavy atom. The second-order valence-corrected chi connectivity index (χ2v) is 6.92. The molecule has 2 amide bonds. The second-order valence-electron chi connectivity index (χ2n) is 6.92. The SMILES string of the molecule is CC(C)N1CCC(NC(=O)Nc2cccc(N3CCCC3)c2)C1. The summed E-state index contributed by atoms with van der Waals surface area (Å²) < 4.78 is 0. The summed E-state index contributed by atoms with van der Waals surface area (Å²) in [7, 11) is 0. The topological polar surface area (TPSA) is 47.6 Å². The molecule has 1 aromatic rings. The van der Waals surface area contributed by atoms with Crippen molar-refractivity contribution < 1.29 is 4.79 Å². The Morgan fingerprint density at radius 1 is 1.22 bits per heavy atom. The van der Waals surface area contributed by atoms with E-state index in [0.29, 0.717) is 6.04 Å². The third-order valence-electron chi connectivity index (χ3n) is 4.86. The molecule has 5 heteroatoms. The van der Waals surface area contributed by atoms with Crippen molar-refractivity contribution in [2.24, 2.45) is 0 Å². The van der Waals surface area contributed by atoms with Crippen LogP contribution < -0.4 is 15.5 Å². The molecule has 2 N–H and O–H groups in total. The van der Waals surface area contributed by atoms with Gasteiger partial charge in [-0.1, -0.05) is 6.07 Å². The van der Waals surface area contributed by atoms with Crippen molar-refractivity contribution in [1.29, 1.82) is 0 Å². The number of likely N-dealkylation sites (tertiary alicyclic amines) is 1. The average molecular weight is 316 g/mol. The summed E-state index contributed by atoms with van der Waals surface area (Å²) in [5.74, 6) is 0. The molecular weight excluding hydrogens is 288 g/mol. The monoisotopic (exact) mass is 316 g/mol. The fourth-order valence-corrected chi connectivity index (χ4v) is 3.48. The largest absolute Gasteiger partial charge is 0.371 e. The number of rotatable bonds is 4. The zero-order valence-corrected chi connectivity index (χ0v) is 14.2. The summed E-state index contributed by atoms with van der Waals surface area (Å²) in [6.45, 7) is 8.64. The lowest BCUT2D eigenvalue weighted by molar-refractivity contribution is 0.244. The van der Waals surface area contributed by atoms with Crippen LogP contribution in [0.3, 0.4) is 0 Å². The Hall–Kier alpha value is -1.75. The lowest BCUT2D eigenvalue weighted by atomic mass is 10.2. The molecule has 2 aliphatic rings. The molecule has 2 fully saturated rings. The normalized spacial score (nSPS) is 21.9. The van der Waals surface area contributed by atoms with Crippen LogP contribution in [0.25, 0.3) is 0 Å². The van der Waals surface area contributed by atoms with Gasteiger partial charge in [0, 0.05) is 49.6 Å². The Labute approximate surface area is 139 Å². The first-order valence-corrected chi connectivity index (χ1v) is 8.78. The first-order chi connectivity index (χ1) is 11.1. The highest BCUT2D eigenvalue weighted by molar-refractivity contribution is 5.90. The van der Waals surface area contributed by atoms with Crippen LogP contribution in [-0.4, -0.2) is 49.2 Å². The fraction of sp³-hybridized carbons (Fsp3) is 0.611. The Balaban J connectivity index is 1.53. The van der Waals surface area contributed by atoms with E-state index in [1.807, 2.05) is 12.1 Å². The Bertz CT molecular complexity index is 540. The van der Waals surface area contributed by atoms with E-state index in [4.69, 9.17) is 0 Å². The van der Waals surface area contributed by atoms with E-state index in [1.54, 1.807) is 0 Å². The maximum Gasteiger partial charge on any atom is 0.319 e. The summed E-state index contributed by atoms with van der Waals surface area (Å²) in [5, 5.41) is 6.08. The molecular formula is C18H28N4O. The van der Waals surface area contributed by atoms with Gasteiger partial charge in [-0.05, 0) is 51.3 Å². The third kappa shape index (κ3) is 4.16. The lowest BCUT2D eigenvalue weighted by Gasteiger charge is -2.21. The molecule has 5 nitrogen and oxygen atoms in total. The van der Waals surface area contributed by atoms with Crippen molar-refractivity contribution in [3.8, 4) is 0 Å². The highest BCUT2D eigenvalue weighted by Gasteiger charge is 2.25. The van der Waals surface area contributed by atoms with E-state index in [1.165, 1.54) is 18.5 Å². The van der Waals surface area contributed by atoms with E-state index in [0.717, 1.165) is 38.3 Å². The van der Waals surface area contributed by atoms with Gasteiger partial charge in [-0.3, -0.25) is 4.90 Å². The number of benzene rings is 1. The minimum absolute atomic E-state index is 0.0980. The van der Waals surface area contributed by atoms with Crippen LogP contribution in [0.4, 0.5) is 16.2 Å². The van der Waals surface area contributed by atoms with Gasteiger partial charge in [0.15, 0.2) is 0 Å². The number of carbonyl (C=O) groups is 1. The van der Waals surface area contributed by atoms with Gasteiger partial charge in [0.05, 0.1) is 0 Å². The Morgan fingerprint density at radius 3 is 2.70 bits per heavy atom. The van der Waals surface area contributed by atoms with Gasteiger partial charge in [-0.25, -0.2) is 4.79 Å². The van der Waals surface area contributed by atoms with Crippen molar-refractivity contribution in [3.63, 3.8) is 0 Å². The molecule has 1 atom stereocenters. The number of nitrogens with zero attached hydrogens (tertiary/aromatic N) is 2. The van der Waals surface area contributed by atoms with Crippen molar-refractivity contribution in [2.45, 2.75) is 45.2 Å².